The van der Waals surface area contributed by atoms with Gasteiger partial charge >= 0.3 is 11.9 Å². The van der Waals surface area contributed by atoms with Crippen molar-refractivity contribution in [3.8, 4) is 11.5 Å². The van der Waals surface area contributed by atoms with Crippen LogP contribution in [0.2, 0.25) is 0 Å². The van der Waals surface area contributed by atoms with E-state index in [-0.39, 0.29) is 12.5 Å². The number of rotatable bonds is 4. The van der Waals surface area contributed by atoms with E-state index < -0.39 is 11.9 Å². The summed E-state index contributed by atoms with van der Waals surface area (Å²) < 4.78 is 15.9. The molecular formula is C22H22O5. The van der Waals surface area contributed by atoms with Gasteiger partial charge in [-0.1, -0.05) is 30.3 Å². The molecule has 0 saturated carbocycles. The molecule has 0 N–H and O–H groups in total. The second-order valence-corrected chi connectivity index (χ2v) is 6.51. The molecule has 1 heterocycles. The molecule has 0 aliphatic carbocycles. The minimum Gasteiger partial charge on any atom is -0.465 e. The molecule has 1 aliphatic heterocycles. The Bertz CT molecular complexity index is 883. The third kappa shape index (κ3) is 4.19. The highest BCUT2D eigenvalue weighted by molar-refractivity contribution is 6.30. The molecule has 0 fully saturated rings. The Hall–Kier alpha value is -3.08. The monoisotopic (exact) mass is 366 g/mol. The molecule has 1 aliphatic rings. The van der Waals surface area contributed by atoms with Crippen LogP contribution in [0.5, 0.6) is 11.5 Å². The van der Waals surface area contributed by atoms with E-state index in [1.807, 2.05) is 38.1 Å². The predicted octanol–water partition coefficient (Wildman–Crippen LogP) is 4.09. The Morgan fingerprint density at radius 2 is 1.81 bits per heavy atom. The molecule has 0 spiro atoms. The summed E-state index contributed by atoms with van der Waals surface area (Å²) in [6.45, 7) is 5.61. The Morgan fingerprint density at radius 3 is 2.52 bits per heavy atom. The number of allylic oxidation sites excluding steroid dienone is 1. The molecule has 1 unspecified atom stereocenters. The van der Waals surface area contributed by atoms with Gasteiger partial charge in [0.25, 0.3) is 0 Å². The lowest BCUT2D eigenvalue weighted by atomic mass is 9.84. The highest BCUT2D eigenvalue weighted by Crippen LogP contribution is 2.44. The number of benzene rings is 2. The zero-order valence-corrected chi connectivity index (χ0v) is 15.7. The highest BCUT2D eigenvalue weighted by Gasteiger charge is 2.29. The van der Waals surface area contributed by atoms with E-state index >= 15 is 0 Å². The van der Waals surface area contributed by atoms with Gasteiger partial charge in [-0.25, -0.2) is 9.59 Å². The summed E-state index contributed by atoms with van der Waals surface area (Å²) in [5.74, 6) is -1.10. The third-order valence-electron chi connectivity index (χ3n) is 4.45. The van der Waals surface area contributed by atoms with E-state index in [4.69, 9.17) is 14.2 Å². The predicted molar refractivity (Wildman–Crippen MR) is 101 cm³/mol. The van der Waals surface area contributed by atoms with E-state index in [9.17, 15) is 9.59 Å². The Labute approximate surface area is 158 Å². The average molecular weight is 366 g/mol. The maximum absolute atomic E-state index is 12.1. The minimum atomic E-state index is -1.03. The summed E-state index contributed by atoms with van der Waals surface area (Å²) in [7, 11) is 0. The fourth-order valence-corrected chi connectivity index (χ4v) is 3.17. The number of aryl methyl sites for hydroxylation is 1. The molecule has 0 aromatic heterocycles. The minimum absolute atomic E-state index is 0.0262. The van der Waals surface area contributed by atoms with Gasteiger partial charge in [0.15, 0.2) is 0 Å². The number of fused-ring (bicyclic) bond motifs is 1. The number of hydrogen-bond donors (Lipinski definition) is 0. The van der Waals surface area contributed by atoms with Crippen LogP contribution in [0.15, 0.2) is 54.3 Å². The normalized spacial score (nSPS) is 15.2. The lowest BCUT2D eigenvalue weighted by molar-refractivity contribution is -0.161. The van der Waals surface area contributed by atoms with Crippen LogP contribution in [0.4, 0.5) is 0 Å². The molecule has 0 amide bonds. The van der Waals surface area contributed by atoms with Crippen molar-refractivity contribution in [2.45, 2.75) is 33.1 Å². The lowest BCUT2D eigenvalue weighted by Crippen LogP contribution is -2.24. The van der Waals surface area contributed by atoms with Crippen LogP contribution in [-0.2, 0) is 20.7 Å². The van der Waals surface area contributed by atoms with E-state index in [1.165, 1.54) is 0 Å². The summed E-state index contributed by atoms with van der Waals surface area (Å²) in [5.41, 5.74) is 3.81. The second kappa shape index (κ2) is 8.08. The van der Waals surface area contributed by atoms with Crippen molar-refractivity contribution in [1.29, 1.82) is 0 Å². The zero-order chi connectivity index (χ0) is 19.4. The van der Waals surface area contributed by atoms with Crippen LogP contribution in [0.25, 0.3) is 0 Å². The Kier molecular flexibility index (Phi) is 5.60. The first-order chi connectivity index (χ1) is 13.0. The number of carbonyl (C=O) groups excluding carboxylic acids is 2. The maximum atomic E-state index is 12.1. The molecule has 27 heavy (non-hydrogen) atoms. The maximum Gasteiger partial charge on any atom is 0.422 e. The molecule has 140 valence electrons. The van der Waals surface area contributed by atoms with Gasteiger partial charge in [-0.3, -0.25) is 0 Å². The van der Waals surface area contributed by atoms with Crippen molar-refractivity contribution in [3.05, 3.63) is 71.0 Å². The molecule has 0 bridgehead atoms. The van der Waals surface area contributed by atoms with E-state index in [0.29, 0.717) is 11.5 Å². The third-order valence-corrected chi connectivity index (χ3v) is 4.45. The largest absolute Gasteiger partial charge is 0.465 e. The van der Waals surface area contributed by atoms with E-state index in [2.05, 4.69) is 12.1 Å². The van der Waals surface area contributed by atoms with Crippen molar-refractivity contribution in [2.75, 3.05) is 6.61 Å². The summed E-state index contributed by atoms with van der Waals surface area (Å²) in [5, 5.41) is 0. The summed E-state index contributed by atoms with van der Waals surface area (Å²) >= 11 is 0. The van der Waals surface area contributed by atoms with Crippen molar-refractivity contribution in [1.82, 2.24) is 0 Å². The van der Waals surface area contributed by atoms with Crippen molar-refractivity contribution >= 4 is 11.9 Å². The summed E-state index contributed by atoms with van der Waals surface area (Å²) in [4.78, 5) is 23.8. The molecule has 0 saturated heterocycles. The molecule has 1 atom stereocenters. The molecule has 2 aromatic rings. The lowest BCUT2D eigenvalue weighted by Gasteiger charge is -2.27. The number of ether oxygens (including phenoxy) is 3. The summed E-state index contributed by atoms with van der Waals surface area (Å²) in [6, 6.07) is 13.7. The van der Waals surface area contributed by atoms with Crippen LogP contribution in [0.1, 0.15) is 36.5 Å². The Balaban J connectivity index is 1.98. The smallest absolute Gasteiger partial charge is 0.422 e. The first-order valence-electron chi connectivity index (χ1n) is 8.90. The van der Waals surface area contributed by atoms with E-state index in [0.717, 1.165) is 28.7 Å². The fourth-order valence-electron chi connectivity index (χ4n) is 3.17. The number of carbonyl (C=O) groups is 2. The van der Waals surface area contributed by atoms with Gasteiger partial charge in [-0.15, -0.1) is 0 Å². The van der Waals surface area contributed by atoms with Gasteiger partial charge < -0.3 is 14.2 Å². The number of esters is 2. The van der Waals surface area contributed by atoms with Crippen molar-refractivity contribution in [2.24, 2.45) is 0 Å². The van der Waals surface area contributed by atoms with Crippen molar-refractivity contribution in [3.63, 3.8) is 0 Å². The first-order valence-corrected chi connectivity index (χ1v) is 8.90. The van der Waals surface area contributed by atoms with Gasteiger partial charge in [-0.05, 0) is 56.0 Å². The average Bonchev–Trinajstić information content (AvgIpc) is 2.65. The topological polar surface area (TPSA) is 61.8 Å². The molecule has 2 aromatic carbocycles. The molecule has 3 rings (SSSR count). The van der Waals surface area contributed by atoms with Gasteiger partial charge in [-0.2, -0.15) is 0 Å². The highest BCUT2D eigenvalue weighted by atomic mass is 16.6. The SMILES string of the molecule is CCOC(=O)C(=O)Oc1cc(C)cc2c1C(Cc1ccccc1)C(C)=CO2. The standard InChI is InChI=1S/C22H22O5/c1-4-25-21(23)22(24)27-19-11-14(2)10-18-20(19)17(15(3)13-26-18)12-16-8-6-5-7-9-16/h5-11,13,17H,4,12H2,1-3H3. The van der Waals surface area contributed by atoms with Gasteiger partial charge in [0, 0.05) is 11.5 Å². The van der Waals surface area contributed by atoms with Crippen LogP contribution in [0, 0.1) is 6.92 Å². The van der Waals surface area contributed by atoms with Crippen molar-refractivity contribution < 1.29 is 23.8 Å². The molecule has 5 nitrogen and oxygen atoms in total. The van der Waals surface area contributed by atoms with Gasteiger partial charge in [0.05, 0.1) is 12.9 Å². The molecule has 5 heteroatoms. The summed E-state index contributed by atoms with van der Waals surface area (Å²) in [6.07, 6.45) is 2.46. The second-order valence-electron chi connectivity index (χ2n) is 6.51. The van der Waals surface area contributed by atoms with Crippen LogP contribution < -0.4 is 9.47 Å². The van der Waals surface area contributed by atoms with E-state index in [1.54, 1.807) is 19.3 Å². The molecular weight excluding hydrogens is 344 g/mol. The van der Waals surface area contributed by atoms with Crippen LogP contribution >= 0.6 is 0 Å². The Morgan fingerprint density at radius 1 is 1.07 bits per heavy atom. The zero-order valence-electron chi connectivity index (χ0n) is 15.7. The molecule has 0 radical (unpaired) electrons. The quantitative estimate of drug-likeness (QED) is 0.463. The fraction of sp³-hybridized carbons (Fsp3) is 0.273. The number of hydrogen-bond acceptors (Lipinski definition) is 5. The van der Waals surface area contributed by atoms with Gasteiger partial charge in [0.1, 0.15) is 11.5 Å². The van der Waals surface area contributed by atoms with Crippen LogP contribution in [0.3, 0.4) is 0 Å². The van der Waals surface area contributed by atoms with Crippen LogP contribution in [-0.4, -0.2) is 18.5 Å². The van der Waals surface area contributed by atoms with Gasteiger partial charge in [0.2, 0.25) is 0 Å². The first kappa shape index (κ1) is 18.7.